The smallest absolute Gasteiger partial charge is 0.346 e. The van der Waals surface area contributed by atoms with Gasteiger partial charge in [-0.15, -0.1) is 0 Å². The number of benzene rings is 7. The van der Waals surface area contributed by atoms with Gasteiger partial charge in [0.25, 0.3) is 11.8 Å². The molecule has 0 fully saturated rings. The van der Waals surface area contributed by atoms with Crippen LogP contribution in [0.2, 0.25) is 0 Å². The summed E-state index contributed by atoms with van der Waals surface area (Å²) in [6.45, 7) is 0. The number of anilines is 1. The van der Waals surface area contributed by atoms with E-state index in [0.717, 1.165) is 60.8 Å². The van der Waals surface area contributed by atoms with Crippen molar-refractivity contribution in [2.24, 2.45) is 0 Å². The highest BCUT2D eigenvalue weighted by Crippen LogP contribution is 2.48. The number of carbonyl (C=O) groups is 4. The van der Waals surface area contributed by atoms with Crippen LogP contribution < -0.4 is 4.90 Å². The van der Waals surface area contributed by atoms with E-state index in [2.05, 4.69) is 30.4 Å². The number of ether oxygens (including phenoxy) is 1. The molecular weight excluding hydrogens is 574 g/mol. The lowest BCUT2D eigenvalue weighted by Gasteiger charge is -2.33. The van der Waals surface area contributed by atoms with Crippen LogP contribution in [-0.2, 0) is 17.6 Å². The standard InChI is InChI=1S/C40H19NO5/c42-37-26-13-9-21-23-11-15-28-36-29(40(45)46-39(28)44)16-12-24(34(23)36)22-10-14-27(35(26)33(21)22)38(43)41(37)30-17-20-5-1-3-18-7-8-19-4-2-6-25(30)32(19)31(18)20/h1-5,8-17H,6-7H2. The summed E-state index contributed by atoms with van der Waals surface area (Å²) >= 11 is 0. The van der Waals surface area contributed by atoms with E-state index in [1.807, 2.05) is 48.5 Å². The van der Waals surface area contributed by atoms with Gasteiger partial charge < -0.3 is 4.74 Å². The van der Waals surface area contributed by atoms with Crippen molar-refractivity contribution in [3.05, 3.63) is 130 Å². The average molecular weight is 594 g/mol. The van der Waals surface area contributed by atoms with E-state index >= 15 is 0 Å². The molecule has 0 atom stereocenters. The van der Waals surface area contributed by atoms with Crippen LogP contribution in [-0.4, -0.2) is 23.8 Å². The predicted molar refractivity (Wildman–Crippen MR) is 177 cm³/mol. The van der Waals surface area contributed by atoms with Crippen molar-refractivity contribution in [1.82, 2.24) is 0 Å². The Hall–Kier alpha value is -6.14. The maximum Gasteiger partial charge on any atom is 0.346 e. The van der Waals surface area contributed by atoms with Gasteiger partial charge in [-0.05, 0) is 109 Å². The molecule has 0 bridgehead atoms. The Morgan fingerprint density at radius 1 is 0.587 bits per heavy atom. The molecule has 0 saturated heterocycles. The number of allylic oxidation sites excluding steroid dienone is 4. The highest BCUT2D eigenvalue weighted by molar-refractivity contribution is 6.43. The molecule has 2 heterocycles. The predicted octanol–water partition coefficient (Wildman–Crippen LogP) is 8.05. The second kappa shape index (κ2) is 7.92. The van der Waals surface area contributed by atoms with Gasteiger partial charge in [-0.2, -0.15) is 0 Å². The highest BCUT2D eigenvalue weighted by atomic mass is 16.6. The van der Waals surface area contributed by atoms with E-state index in [1.54, 1.807) is 12.1 Å². The number of rotatable bonds is 1. The Balaban J connectivity index is 1.20. The minimum atomic E-state index is -0.662. The van der Waals surface area contributed by atoms with Crippen molar-refractivity contribution in [2.45, 2.75) is 12.8 Å². The van der Waals surface area contributed by atoms with Gasteiger partial charge >= 0.3 is 11.9 Å². The van der Waals surface area contributed by atoms with Gasteiger partial charge in [0, 0.05) is 21.9 Å². The molecule has 7 aromatic rings. The number of amides is 2. The van der Waals surface area contributed by atoms with Gasteiger partial charge in [0.15, 0.2) is 0 Å². The normalized spacial score (nSPS) is 16.4. The molecule has 0 spiro atoms. The van der Waals surface area contributed by atoms with Crippen LogP contribution in [0.4, 0.5) is 5.69 Å². The summed E-state index contributed by atoms with van der Waals surface area (Å²) < 4.78 is 4.99. The van der Waals surface area contributed by atoms with Crippen molar-refractivity contribution in [3.8, 4) is 0 Å². The molecule has 7 aromatic carbocycles. The third kappa shape index (κ3) is 2.67. The van der Waals surface area contributed by atoms with Crippen LogP contribution in [0.3, 0.4) is 0 Å². The lowest BCUT2D eigenvalue weighted by molar-refractivity contribution is 0.0390. The van der Waals surface area contributed by atoms with Crippen LogP contribution in [0, 0.1) is 0 Å². The molecule has 46 heavy (non-hydrogen) atoms. The van der Waals surface area contributed by atoms with E-state index in [1.165, 1.54) is 15.8 Å². The first-order chi connectivity index (χ1) is 22.5. The molecule has 0 aromatic heterocycles. The molecule has 2 aliphatic carbocycles. The number of nitrogens with zero attached hydrogens (tertiary/aromatic N) is 1. The second-order valence-electron chi connectivity index (χ2n) is 12.5. The third-order valence-electron chi connectivity index (χ3n) is 10.4. The quantitative estimate of drug-likeness (QED) is 0.0633. The fourth-order valence-electron chi connectivity index (χ4n) is 8.56. The summed E-state index contributed by atoms with van der Waals surface area (Å²) in [5.74, 6) is -2.02. The molecular formula is C40H19NO5. The maximum absolute atomic E-state index is 14.6. The molecule has 6 heteroatoms. The van der Waals surface area contributed by atoms with Crippen molar-refractivity contribution < 1.29 is 23.9 Å². The summed E-state index contributed by atoms with van der Waals surface area (Å²) in [7, 11) is 0. The van der Waals surface area contributed by atoms with Gasteiger partial charge in [-0.1, -0.05) is 60.7 Å². The minimum absolute atomic E-state index is 0.347. The number of carbonyl (C=O) groups excluding carboxylic acids is 4. The van der Waals surface area contributed by atoms with Gasteiger partial charge in [0.2, 0.25) is 0 Å². The number of esters is 2. The van der Waals surface area contributed by atoms with Crippen LogP contribution in [0.5, 0.6) is 0 Å². The number of cyclic esters (lactones) is 2. The third-order valence-corrected chi connectivity index (χ3v) is 10.4. The lowest BCUT2D eigenvalue weighted by atomic mass is 9.80. The molecule has 6 nitrogen and oxygen atoms in total. The monoisotopic (exact) mass is 593 g/mol. The second-order valence-corrected chi connectivity index (χ2v) is 12.5. The molecule has 0 saturated carbocycles. The number of hydrogen-bond acceptors (Lipinski definition) is 5. The molecule has 11 rings (SSSR count). The summed E-state index contributed by atoms with van der Waals surface area (Å²) in [4.78, 5) is 55.8. The van der Waals surface area contributed by atoms with Crippen LogP contribution in [0.15, 0.2) is 91.0 Å². The fourth-order valence-corrected chi connectivity index (χ4v) is 8.56. The average Bonchev–Trinajstić information content (AvgIpc) is 3.08. The van der Waals surface area contributed by atoms with E-state index in [4.69, 9.17) is 4.74 Å². The first-order valence-corrected chi connectivity index (χ1v) is 15.3. The molecule has 0 unspecified atom stereocenters. The molecule has 2 aliphatic heterocycles. The van der Waals surface area contributed by atoms with Crippen molar-refractivity contribution in [3.63, 3.8) is 0 Å². The first kappa shape index (κ1) is 24.2. The number of imide groups is 1. The van der Waals surface area contributed by atoms with Crippen molar-refractivity contribution in [2.75, 3.05) is 4.90 Å². The highest BCUT2D eigenvalue weighted by Gasteiger charge is 2.38. The van der Waals surface area contributed by atoms with E-state index < -0.39 is 11.9 Å². The van der Waals surface area contributed by atoms with Crippen molar-refractivity contribution in [1.29, 1.82) is 0 Å². The van der Waals surface area contributed by atoms with Crippen LogP contribution in [0.25, 0.3) is 59.4 Å². The van der Waals surface area contributed by atoms with Gasteiger partial charge in [-0.25, -0.2) is 14.5 Å². The molecule has 2 amide bonds. The Morgan fingerprint density at radius 2 is 1.17 bits per heavy atom. The van der Waals surface area contributed by atoms with Crippen molar-refractivity contribution >= 4 is 88.9 Å². The Bertz CT molecular complexity index is 2680. The lowest BCUT2D eigenvalue weighted by Crippen LogP contribution is -2.41. The van der Waals surface area contributed by atoms with Gasteiger partial charge in [0.05, 0.1) is 16.8 Å². The first-order valence-electron chi connectivity index (χ1n) is 15.3. The Kier molecular flexibility index (Phi) is 4.17. The zero-order valence-corrected chi connectivity index (χ0v) is 24.1. The van der Waals surface area contributed by atoms with Gasteiger partial charge in [0.1, 0.15) is 0 Å². The zero-order chi connectivity index (χ0) is 30.6. The van der Waals surface area contributed by atoms with Crippen LogP contribution in [0.1, 0.15) is 58.1 Å². The topological polar surface area (TPSA) is 80.8 Å². The Morgan fingerprint density at radius 3 is 1.80 bits per heavy atom. The summed E-state index contributed by atoms with van der Waals surface area (Å²) in [6.07, 6.45) is 7.96. The number of hydrogen-bond donors (Lipinski definition) is 0. The number of fused-ring (bicyclic) bond motifs is 2. The Labute approximate surface area is 260 Å². The molecule has 0 radical (unpaired) electrons. The molecule has 0 N–H and O–H groups in total. The zero-order valence-electron chi connectivity index (χ0n) is 24.1. The maximum atomic E-state index is 14.6. The SMILES string of the molecule is O=C1OC(=O)c2ccc3c4ccc5c6c(ccc(c7ccc1c2c73)c64)C(=O)N(c1cc2cccc3c2c2c1CC=CC2=CC3)C5=O. The van der Waals surface area contributed by atoms with E-state index in [0.29, 0.717) is 45.1 Å². The fraction of sp³-hybridized carbons (Fsp3) is 0.0500. The van der Waals surface area contributed by atoms with E-state index in [-0.39, 0.29) is 11.8 Å². The largest absolute Gasteiger partial charge is 0.386 e. The summed E-state index contributed by atoms with van der Waals surface area (Å²) in [5.41, 5.74) is 6.77. The minimum Gasteiger partial charge on any atom is -0.386 e. The van der Waals surface area contributed by atoms with E-state index in [9.17, 15) is 19.2 Å². The van der Waals surface area contributed by atoms with Crippen LogP contribution >= 0.6 is 0 Å². The van der Waals surface area contributed by atoms with Gasteiger partial charge in [-0.3, -0.25) is 9.59 Å². The molecule has 4 aliphatic rings. The summed E-state index contributed by atoms with van der Waals surface area (Å²) in [5, 5.41) is 8.44. The molecule has 214 valence electrons. The summed E-state index contributed by atoms with van der Waals surface area (Å²) in [6, 6.07) is 22.9.